The van der Waals surface area contributed by atoms with Gasteiger partial charge < -0.3 is 19.4 Å². The Hall–Kier alpha value is -2.43. The molecule has 0 saturated carbocycles. The second-order valence-corrected chi connectivity index (χ2v) is 7.59. The number of halogens is 2. The minimum absolute atomic E-state index is 0.199. The van der Waals surface area contributed by atoms with Gasteiger partial charge in [-0.25, -0.2) is 8.78 Å². The van der Waals surface area contributed by atoms with Crippen molar-refractivity contribution in [1.82, 2.24) is 9.88 Å². The predicted molar refractivity (Wildman–Crippen MR) is 104 cm³/mol. The third-order valence-electron chi connectivity index (χ3n) is 5.75. The van der Waals surface area contributed by atoms with Crippen LogP contribution in [0.2, 0.25) is 0 Å². The molecule has 1 fully saturated rings. The van der Waals surface area contributed by atoms with Crippen molar-refractivity contribution in [2.24, 2.45) is 0 Å². The first-order chi connectivity index (χ1) is 14.0. The van der Waals surface area contributed by atoms with Crippen molar-refractivity contribution in [3.8, 4) is 12.3 Å². The first-order valence-corrected chi connectivity index (χ1v) is 10.1. The van der Waals surface area contributed by atoms with Gasteiger partial charge in [0.05, 0.1) is 18.7 Å². The first-order valence-electron chi connectivity index (χ1n) is 10.1. The molecular weight excluding hydrogens is 378 g/mol. The lowest BCUT2D eigenvalue weighted by Crippen LogP contribution is -2.52. The molecule has 1 unspecified atom stereocenters. The Morgan fingerprint density at radius 3 is 2.79 bits per heavy atom. The average molecular weight is 402 g/mol. The lowest BCUT2D eigenvalue weighted by atomic mass is 9.88. The molecule has 0 bridgehead atoms. The molecule has 2 atom stereocenters. The highest BCUT2D eigenvalue weighted by molar-refractivity contribution is 5.94. The van der Waals surface area contributed by atoms with E-state index in [0.29, 0.717) is 30.7 Å². The molecule has 7 heteroatoms. The minimum atomic E-state index is -0.717. The molecule has 0 aliphatic carbocycles. The summed E-state index contributed by atoms with van der Waals surface area (Å²) < 4.78 is 40.1. The third-order valence-corrected chi connectivity index (χ3v) is 5.75. The Balaban J connectivity index is 1.89. The molecular formula is C22H24F2N2O3. The van der Waals surface area contributed by atoms with E-state index in [4.69, 9.17) is 15.9 Å². The number of aromatic amines is 1. The lowest BCUT2D eigenvalue weighted by molar-refractivity contribution is -0.217. The maximum absolute atomic E-state index is 14.5. The Kier molecular flexibility index (Phi) is 5.57. The number of carbonyl (C=O) groups excluding carboxylic acids is 1. The molecule has 2 aromatic rings. The topological polar surface area (TPSA) is 54.6 Å². The number of hydrogen-bond donors (Lipinski definition) is 1. The highest BCUT2D eigenvalue weighted by Crippen LogP contribution is 2.42. The van der Waals surface area contributed by atoms with E-state index < -0.39 is 29.9 Å². The molecule has 29 heavy (non-hydrogen) atoms. The van der Waals surface area contributed by atoms with E-state index in [1.54, 1.807) is 4.90 Å². The molecule has 2 aliphatic heterocycles. The third kappa shape index (κ3) is 3.52. The van der Waals surface area contributed by atoms with E-state index in [-0.39, 0.29) is 11.6 Å². The van der Waals surface area contributed by atoms with E-state index in [1.807, 2.05) is 0 Å². The molecule has 154 valence electrons. The number of unbranched alkanes of at least 4 members (excludes halogenated alkanes) is 1. The van der Waals surface area contributed by atoms with Gasteiger partial charge >= 0.3 is 0 Å². The smallest absolute Gasteiger partial charge is 0.299 e. The number of fused-ring (bicyclic) bond motifs is 3. The summed E-state index contributed by atoms with van der Waals surface area (Å²) in [6, 6.07) is 1.35. The van der Waals surface area contributed by atoms with Gasteiger partial charge in [0.1, 0.15) is 17.7 Å². The molecule has 0 radical (unpaired) electrons. The van der Waals surface area contributed by atoms with Crippen LogP contribution in [0.4, 0.5) is 8.78 Å². The molecule has 5 nitrogen and oxygen atoms in total. The summed E-state index contributed by atoms with van der Waals surface area (Å²) in [5.41, 5.74) is 1.62. The highest BCUT2D eigenvalue weighted by Gasteiger charge is 2.44. The van der Waals surface area contributed by atoms with Crippen molar-refractivity contribution in [2.45, 2.75) is 57.4 Å². The summed E-state index contributed by atoms with van der Waals surface area (Å²) in [5.74, 6) is 0.468. The van der Waals surface area contributed by atoms with Gasteiger partial charge in [0, 0.05) is 23.2 Å². The zero-order valence-corrected chi connectivity index (χ0v) is 16.3. The standard InChI is InChI=1S/C22H24F2N2O3/c1-3-5-7-14-12-16-15-10-13(23)11-17(24)19(15)25-20(16)21(26(14)18(27)4-2)22-28-8-6-9-29-22/h2,10-11,14,21-22,25H,3,5-9,12H2,1H3/t14-,21?/m0/s1. The van der Waals surface area contributed by atoms with Gasteiger partial charge in [-0.1, -0.05) is 19.8 Å². The van der Waals surface area contributed by atoms with Gasteiger partial charge in [-0.2, -0.15) is 0 Å². The van der Waals surface area contributed by atoms with Gasteiger partial charge in [0.2, 0.25) is 0 Å². The van der Waals surface area contributed by atoms with Crippen LogP contribution in [0.1, 0.15) is 49.9 Å². The van der Waals surface area contributed by atoms with Gasteiger partial charge in [0.15, 0.2) is 6.29 Å². The van der Waals surface area contributed by atoms with Gasteiger partial charge in [0.25, 0.3) is 5.91 Å². The van der Waals surface area contributed by atoms with Gasteiger partial charge in [-0.05, 0) is 36.8 Å². The molecule has 1 N–H and O–H groups in total. The van der Waals surface area contributed by atoms with Crippen molar-refractivity contribution in [3.05, 3.63) is 35.0 Å². The summed E-state index contributed by atoms with van der Waals surface area (Å²) in [4.78, 5) is 17.5. The molecule has 1 aromatic carbocycles. The number of amides is 1. The Morgan fingerprint density at radius 2 is 2.10 bits per heavy atom. The molecule has 2 aliphatic rings. The Morgan fingerprint density at radius 1 is 1.34 bits per heavy atom. The van der Waals surface area contributed by atoms with E-state index >= 15 is 0 Å². The summed E-state index contributed by atoms with van der Waals surface area (Å²) in [6.45, 7) is 3.07. The maximum Gasteiger partial charge on any atom is 0.299 e. The fraction of sp³-hybridized carbons (Fsp3) is 0.500. The van der Waals surface area contributed by atoms with E-state index in [9.17, 15) is 13.6 Å². The van der Waals surface area contributed by atoms with Crippen LogP contribution in [0, 0.1) is 24.0 Å². The number of hydrogen-bond acceptors (Lipinski definition) is 3. The minimum Gasteiger partial charge on any atom is -0.354 e. The fourth-order valence-corrected chi connectivity index (χ4v) is 4.47. The number of benzene rings is 1. The SMILES string of the molecule is C#CC(=O)N1C(C2OCCCO2)c2[nH]c3c(F)cc(F)cc3c2C[C@@H]1CCCC. The van der Waals surface area contributed by atoms with Crippen LogP contribution < -0.4 is 0 Å². The van der Waals surface area contributed by atoms with E-state index in [1.165, 1.54) is 6.07 Å². The number of nitrogens with one attached hydrogen (secondary N) is 1. The van der Waals surface area contributed by atoms with Crippen molar-refractivity contribution in [3.63, 3.8) is 0 Å². The summed E-state index contributed by atoms with van der Waals surface area (Å²) in [5, 5.41) is 0.493. The molecule has 0 spiro atoms. The zero-order chi connectivity index (χ0) is 20.5. The van der Waals surface area contributed by atoms with E-state index in [2.05, 4.69) is 17.8 Å². The Bertz CT molecular complexity index is 959. The van der Waals surface area contributed by atoms with Crippen LogP contribution in [0.25, 0.3) is 10.9 Å². The largest absolute Gasteiger partial charge is 0.354 e. The molecule has 1 amide bonds. The van der Waals surface area contributed by atoms with Crippen molar-refractivity contribution in [1.29, 1.82) is 0 Å². The maximum atomic E-state index is 14.5. The van der Waals surface area contributed by atoms with Crippen LogP contribution in [-0.4, -0.2) is 41.3 Å². The van der Waals surface area contributed by atoms with Crippen molar-refractivity contribution in [2.75, 3.05) is 13.2 Å². The number of aromatic nitrogens is 1. The Labute approximate surface area is 168 Å². The summed E-state index contributed by atoms with van der Waals surface area (Å²) >= 11 is 0. The number of rotatable bonds is 4. The van der Waals surface area contributed by atoms with Crippen molar-refractivity contribution >= 4 is 16.8 Å². The predicted octanol–water partition coefficient (Wildman–Crippen LogP) is 3.83. The quantitative estimate of drug-likeness (QED) is 0.791. The highest BCUT2D eigenvalue weighted by atomic mass is 19.1. The number of nitrogens with zero attached hydrogens (tertiary/aromatic N) is 1. The van der Waals surface area contributed by atoms with Gasteiger partial charge in [-0.3, -0.25) is 4.79 Å². The zero-order valence-electron chi connectivity index (χ0n) is 16.3. The van der Waals surface area contributed by atoms with Crippen LogP contribution in [-0.2, 0) is 20.7 Å². The van der Waals surface area contributed by atoms with Crippen molar-refractivity contribution < 1.29 is 23.0 Å². The monoisotopic (exact) mass is 402 g/mol. The normalized spacial score (nSPS) is 22.5. The van der Waals surface area contributed by atoms with E-state index in [0.717, 1.165) is 37.3 Å². The number of ether oxygens (including phenoxy) is 2. The number of terminal acetylenes is 1. The summed E-state index contributed by atoms with van der Waals surface area (Å²) in [6.07, 6.45) is 8.58. The second-order valence-electron chi connectivity index (χ2n) is 7.59. The van der Waals surface area contributed by atoms with Crippen LogP contribution in [0.5, 0.6) is 0 Å². The van der Waals surface area contributed by atoms with Crippen LogP contribution in [0.15, 0.2) is 12.1 Å². The summed E-state index contributed by atoms with van der Waals surface area (Å²) in [7, 11) is 0. The van der Waals surface area contributed by atoms with Crippen LogP contribution >= 0.6 is 0 Å². The number of H-pyrrole nitrogens is 1. The van der Waals surface area contributed by atoms with Gasteiger partial charge in [-0.15, -0.1) is 6.42 Å². The fourth-order valence-electron chi connectivity index (χ4n) is 4.47. The average Bonchev–Trinajstić information content (AvgIpc) is 3.09. The lowest BCUT2D eigenvalue weighted by Gasteiger charge is -2.44. The molecule has 4 rings (SSSR count). The first kappa shape index (κ1) is 19.9. The molecule has 1 saturated heterocycles. The molecule has 1 aromatic heterocycles. The molecule has 3 heterocycles. The number of carbonyl (C=O) groups is 1. The second kappa shape index (κ2) is 8.13. The van der Waals surface area contributed by atoms with Crippen LogP contribution in [0.3, 0.4) is 0 Å².